The number of hydrogen-bond donors (Lipinski definition) is 2. The number of aromatic nitrogens is 3. The number of imidazole rings is 1. The summed E-state index contributed by atoms with van der Waals surface area (Å²) in [5.74, 6) is 0. The Kier molecular flexibility index (Phi) is 2.48. The minimum Gasteiger partial charge on any atom is -0.317 e. The summed E-state index contributed by atoms with van der Waals surface area (Å²) < 4.78 is 1.82. The maximum Gasteiger partial charge on any atom is 0.327 e. The third-order valence-electron chi connectivity index (χ3n) is 3.49. The largest absolute Gasteiger partial charge is 0.327 e. The van der Waals surface area contributed by atoms with E-state index in [9.17, 15) is 4.79 Å². The van der Waals surface area contributed by atoms with Crippen LogP contribution in [0.4, 0.5) is 0 Å². The monoisotopic (exact) mass is 232 g/mol. The highest BCUT2D eigenvalue weighted by molar-refractivity contribution is 5.74. The molecule has 0 amide bonds. The van der Waals surface area contributed by atoms with Crippen LogP contribution in [-0.2, 0) is 0 Å². The van der Waals surface area contributed by atoms with Crippen molar-refractivity contribution in [3.05, 3.63) is 28.3 Å². The van der Waals surface area contributed by atoms with Gasteiger partial charge in [-0.2, -0.15) is 0 Å². The SMILES string of the molecule is Cc1ccnc2c1[nH]c(=O)n2C1CCNCC1. The third-order valence-corrected chi connectivity index (χ3v) is 3.49. The van der Waals surface area contributed by atoms with Crippen molar-refractivity contribution in [3.8, 4) is 0 Å². The molecule has 0 aromatic carbocycles. The van der Waals surface area contributed by atoms with Crippen LogP contribution in [0, 0.1) is 6.92 Å². The van der Waals surface area contributed by atoms with Crippen molar-refractivity contribution in [2.24, 2.45) is 0 Å². The van der Waals surface area contributed by atoms with Crippen LogP contribution >= 0.6 is 0 Å². The van der Waals surface area contributed by atoms with Crippen molar-refractivity contribution in [1.29, 1.82) is 0 Å². The molecule has 0 radical (unpaired) electrons. The number of H-pyrrole nitrogens is 1. The molecular formula is C12H16N4O. The Hall–Kier alpha value is -1.62. The van der Waals surface area contributed by atoms with Gasteiger partial charge in [-0.05, 0) is 44.5 Å². The van der Waals surface area contributed by atoms with Crippen LogP contribution in [0.1, 0.15) is 24.4 Å². The Balaban J connectivity index is 2.18. The lowest BCUT2D eigenvalue weighted by atomic mass is 10.1. The molecule has 0 aliphatic carbocycles. The summed E-state index contributed by atoms with van der Waals surface area (Å²) >= 11 is 0. The van der Waals surface area contributed by atoms with Crippen molar-refractivity contribution < 1.29 is 0 Å². The summed E-state index contributed by atoms with van der Waals surface area (Å²) in [5, 5.41) is 3.31. The molecule has 3 heterocycles. The van der Waals surface area contributed by atoms with E-state index in [0.717, 1.165) is 42.7 Å². The number of piperidine rings is 1. The van der Waals surface area contributed by atoms with E-state index in [1.807, 2.05) is 17.6 Å². The van der Waals surface area contributed by atoms with E-state index >= 15 is 0 Å². The summed E-state index contributed by atoms with van der Waals surface area (Å²) in [7, 11) is 0. The van der Waals surface area contributed by atoms with Gasteiger partial charge in [-0.25, -0.2) is 9.78 Å². The van der Waals surface area contributed by atoms with E-state index in [2.05, 4.69) is 15.3 Å². The summed E-state index contributed by atoms with van der Waals surface area (Å²) in [4.78, 5) is 19.3. The van der Waals surface area contributed by atoms with E-state index < -0.39 is 0 Å². The second-order valence-corrected chi connectivity index (χ2v) is 4.61. The maximum atomic E-state index is 12.0. The molecule has 0 atom stereocenters. The van der Waals surface area contributed by atoms with Crippen LogP contribution in [0.2, 0.25) is 0 Å². The van der Waals surface area contributed by atoms with E-state index in [1.54, 1.807) is 6.20 Å². The van der Waals surface area contributed by atoms with Gasteiger partial charge < -0.3 is 10.3 Å². The average Bonchev–Trinajstić information content (AvgIpc) is 2.68. The van der Waals surface area contributed by atoms with Gasteiger partial charge in [0.15, 0.2) is 5.65 Å². The second-order valence-electron chi connectivity index (χ2n) is 4.61. The number of nitrogens with zero attached hydrogens (tertiary/aromatic N) is 2. The summed E-state index contributed by atoms with van der Waals surface area (Å²) in [6.45, 7) is 3.93. The van der Waals surface area contributed by atoms with Crippen molar-refractivity contribution in [2.45, 2.75) is 25.8 Å². The third kappa shape index (κ3) is 1.67. The van der Waals surface area contributed by atoms with Crippen LogP contribution in [0.15, 0.2) is 17.1 Å². The first kappa shape index (κ1) is 10.5. The van der Waals surface area contributed by atoms with Crippen LogP contribution < -0.4 is 11.0 Å². The van der Waals surface area contributed by atoms with Crippen molar-refractivity contribution in [2.75, 3.05) is 13.1 Å². The lowest BCUT2D eigenvalue weighted by molar-refractivity contribution is 0.367. The van der Waals surface area contributed by atoms with Crippen molar-refractivity contribution in [3.63, 3.8) is 0 Å². The van der Waals surface area contributed by atoms with E-state index in [4.69, 9.17) is 0 Å². The molecule has 1 saturated heterocycles. The molecule has 0 bridgehead atoms. The van der Waals surface area contributed by atoms with Gasteiger partial charge >= 0.3 is 5.69 Å². The molecule has 5 heteroatoms. The first-order valence-electron chi connectivity index (χ1n) is 6.04. The van der Waals surface area contributed by atoms with Crippen LogP contribution in [-0.4, -0.2) is 27.6 Å². The van der Waals surface area contributed by atoms with E-state index in [0.29, 0.717) is 0 Å². The molecular weight excluding hydrogens is 216 g/mol. The normalized spacial score (nSPS) is 17.7. The van der Waals surface area contributed by atoms with Crippen LogP contribution in [0.25, 0.3) is 11.2 Å². The van der Waals surface area contributed by atoms with E-state index in [-0.39, 0.29) is 11.7 Å². The van der Waals surface area contributed by atoms with Gasteiger partial charge in [-0.3, -0.25) is 4.57 Å². The number of nitrogens with one attached hydrogen (secondary N) is 2. The first-order chi connectivity index (χ1) is 8.27. The number of pyridine rings is 1. The second kappa shape index (κ2) is 4.00. The molecule has 2 N–H and O–H groups in total. The fourth-order valence-electron chi connectivity index (χ4n) is 2.55. The maximum absolute atomic E-state index is 12.0. The van der Waals surface area contributed by atoms with Crippen molar-refractivity contribution >= 4 is 11.2 Å². The predicted octanol–water partition coefficient (Wildman–Crippen LogP) is 0.958. The highest BCUT2D eigenvalue weighted by Crippen LogP contribution is 2.21. The van der Waals surface area contributed by atoms with Gasteiger partial charge in [0.2, 0.25) is 0 Å². The number of aromatic amines is 1. The molecule has 0 saturated carbocycles. The fourth-order valence-corrected chi connectivity index (χ4v) is 2.55. The Morgan fingerprint density at radius 3 is 2.94 bits per heavy atom. The Bertz CT molecular complexity index is 592. The van der Waals surface area contributed by atoms with Gasteiger partial charge in [0.05, 0.1) is 5.52 Å². The quantitative estimate of drug-likeness (QED) is 0.769. The Morgan fingerprint density at radius 2 is 2.18 bits per heavy atom. The molecule has 0 spiro atoms. The standard InChI is InChI=1S/C12H16N4O/c1-8-2-7-14-11-10(8)15-12(17)16(11)9-3-5-13-6-4-9/h2,7,9,13H,3-6H2,1H3,(H,15,17). The van der Waals surface area contributed by atoms with Crippen molar-refractivity contribution in [1.82, 2.24) is 19.9 Å². The topological polar surface area (TPSA) is 62.7 Å². The molecule has 17 heavy (non-hydrogen) atoms. The molecule has 3 rings (SSSR count). The first-order valence-corrected chi connectivity index (χ1v) is 6.04. The number of fused-ring (bicyclic) bond motifs is 1. The molecule has 1 aliphatic heterocycles. The average molecular weight is 232 g/mol. The number of aryl methyl sites for hydroxylation is 1. The van der Waals surface area contributed by atoms with Gasteiger partial charge in [0.25, 0.3) is 0 Å². The molecule has 0 unspecified atom stereocenters. The zero-order valence-electron chi connectivity index (χ0n) is 9.86. The minimum atomic E-state index is -0.0336. The van der Waals surface area contributed by atoms with Gasteiger partial charge in [0.1, 0.15) is 0 Å². The minimum absolute atomic E-state index is 0.0336. The van der Waals surface area contributed by atoms with Gasteiger partial charge in [0, 0.05) is 12.2 Å². The van der Waals surface area contributed by atoms with Crippen LogP contribution in [0.5, 0.6) is 0 Å². The van der Waals surface area contributed by atoms with Gasteiger partial charge in [-0.1, -0.05) is 0 Å². The molecule has 5 nitrogen and oxygen atoms in total. The molecule has 1 aliphatic rings. The summed E-state index contributed by atoms with van der Waals surface area (Å²) in [5.41, 5.74) is 2.70. The Morgan fingerprint density at radius 1 is 1.41 bits per heavy atom. The lowest BCUT2D eigenvalue weighted by Crippen LogP contribution is -2.33. The fraction of sp³-hybridized carbons (Fsp3) is 0.500. The molecule has 2 aromatic rings. The van der Waals surface area contributed by atoms with E-state index in [1.165, 1.54) is 0 Å². The smallest absolute Gasteiger partial charge is 0.317 e. The summed E-state index contributed by atoms with van der Waals surface area (Å²) in [6, 6.07) is 2.19. The predicted molar refractivity (Wildman–Crippen MR) is 66.2 cm³/mol. The highest BCUT2D eigenvalue weighted by atomic mass is 16.1. The highest BCUT2D eigenvalue weighted by Gasteiger charge is 2.20. The number of hydrogen-bond acceptors (Lipinski definition) is 3. The zero-order chi connectivity index (χ0) is 11.8. The zero-order valence-corrected chi connectivity index (χ0v) is 9.86. The molecule has 90 valence electrons. The summed E-state index contributed by atoms with van der Waals surface area (Å²) in [6.07, 6.45) is 3.74. The molecule has 1 fully saturated rings. The number of rotatable bonds is 1. The van der Waals surface area contributed by atoms with Gasteiger partial charge in [-0.15, -0.1) is 0 Å². The Labute approximate surface area is 98.9 Å². The van der Waals surface area contributed by atoms with Crippen LogP contribution in [0.3, 0.4) is 0 Å². The lowest BCUT2D eigenvalue weighted by Gasteiger charge is -2.23. The molecule has 2 aromatic heterocycles.